The fraction of sp³-hybridized carbons (Fsp3) is 0.381. The number of carbonyl (C=O) groups excluding carboxylic acids is 1. The Morgan fingerprint density at radius 2 is 1.63 bits per heavy atom. The van der Waals surface area contributed by atoms with Gasteiger partial charge in [-0.2, -0.15) is 0 Å². The topological polar surface area (TPSA) is 66.5 Å². The van der Waals surface area contributed by atoms with E-state index in [1.54, 1.807) is 12.1 Å². The molecule has 1 N–H and O–H groups in total. The Bertz CT molecular complexity index is 847. The molecule has 0 bridgehead atoms. The fourth-order valence-corrected chi connectivity index (χ4v) is 3.77. The molecule has 0 saturated carbocycles. The SMILES string of the molecule is Cc1ccc(N(CC(=O)NC(CC(C)C)c2ccccc2)S(C)(=O)=O)cc1. The molecule has 0 heterocycles. The summed E-state index contributed by atoms with van der Waals surface area (Å²) >= 11 is 0. The highest BCUT2D eigenvalue weighted by Crippen LogP contribution is 2.22. The molecule has 0 radical (unpaired) electrons. The number of rotatable bonds is 8. The van der Waals surface area contributed by atoms with Gasteiger partial charge in [0.05, 0.1) is 18.0 Å². The smallest absolute Gasteiger partial charge is 0.241 e. The van der Waals surface area contributed by atoms with Gasteiger partial charge < -0.3 is 5.32 Å². The molecule has 0 fully saturated rings. The average molecular weight is 389 g/mol. The minimum Gasteiger partial charge on any atom is -0.348 e. The zero-order valence-corrected chi connectivity index (χ0v) is 17.2. The van der Waals surface area contributed by atoms with Crippen LogP contribution in [0, 0.1) is 12.8 Å². The Morgan fingerprint density at radius 1 is 1.04 bits per heavy atom. The van der Waals surface area contributed by atoms with Gasteiger partial charge in [-0.15, -0.1) is 0 Å². The molecule has 27 heavy (non-hydrogen) atoms. The van der Waals surface area contributed by atoms with Gasteiger partial charge in [-0.05, 0) is 37.0 Å². The van der Waals surface area contributed by atoms with Crippen LogP contribution in [0.25, 0.3) is 0 Å². The van der Waals surface area contributed by atoms with Gasteiger partial charge >= 0.3 is 0 Å². The number of amides is 1. The molecule has 0 aliphatic heterocycles. The van der Waals surface area contributed by atoms with Crippen LogP contribution < -0.4 is 9.62 Å². The molecule has 2 aromatic carbocycles. The molecule has 2 rings (SSSR count). The minimum atomic E-state index is -3.58. The largest absolute Gasteiger partial charge is 0.348 e. The van der Waals surface area contributed by atoms with Gasteiger partial charge in [-0.3, -0.25) is 9.10 Å². The lowest BCUT2D eigenvalue weighted by Gasteiger charge is -2.25. The van der Waals surface area contributed by atoms with Crippen molar-refractivity contribution < 1.29 is 13.2 Å². The zero-order valence-electron chi connectivity index (χ0n) is 16.3. The Balaban J connectivity index is 2.19. The highest BCUT2D eigenvalue weighted by Gasteiger charge is 2.23. The number of aryl methyl sites for hydroxylation is 1. The second-order valence-corrected chi connectivity index (χ2v) is 9.17. The van der Waals surface area contributed by atoms with E-state index in [1.807, 2.05) is 49.4 Å². The predicted octanol–water partition coefficient (Wildman–Crippen LogP) is 3.66. The molecule has 0 aliphatic carbocycles. The summed E-state index contributed by atoms with van der Waals surface area (Å²) in [5.41, 5.74) is 2.52. The van der Waals surface area contributed by atoms with E-state index in [0.717, 1.165) is 28.1 Å². The summed E-state index contributed by atoms with van der Waals surface area (Å²) in [6.07, 6.45) is 1.89. The van der Waals surface area contributed by atoms with E-state index >= 15 is 0 Å². The lowest BCUT2D eigenvalue weighted by Crippen LogP contribution is -2.41. The van der Waals surface area contributed by atoms with E-state index in [4.69, 9.17) is 0 Å². The van der Waals surface area contributed by atoms with Crippen LogP contribution in [0.5, 0.6) is 0 Å². The van der Waals surface area contributed by atoms with Crippen molar-refractivity contribution >= 4 is 21.6 Å². The first-order valence-corrected chi connectivity index (χ1v) is 10.9. The van der Waals surface area contributed by atoms with Gasteiger partial charge in [-0.1, -0.05) is 61.9 Å². The first kappa shape index (κ1) is 21.0. The fourth-order valence-electron chi connectivity index (χ4n) is 2.92. The first-order chi connectivity index (χ1) is 12.7. The molecule has 146 valence electrons. The number of sulfonamides is 1. The van der Waals surface area contributed by atoms with Crippen LogP contribution in [0.15, 0.2) is 54.6 Å². The van der Waals surface area contributed by atoms with E-state index in [0.29, 0.717) is 11.6 Å². The lowest BCUT2D eigenvalue weighted by molar-refractivity contribution is -0.120. The number of hydrogen-bond acceptors (Lipinski definition) is 3. The minimum absolute atomic E-state index is 0.155. The van der Waals surface area contributed by atoms with Gasteiger partial charge in [0.15, 0.2) is 0 Å². The number of hydrogen-bond donors (Lipinski definition) is 1. The third kappa shape index (κ3) is 6.40. The summed E-state index contributed by atoms with van der Waals surface area (Å²) in [4.78, 5) is 12.7. The Labute approximate surface area is 162 Å². The Kier molecular flexibility index (Phi) is 7.02. The molecule has 0 aliphatic rings. The van der Waals surface area contributed by atoms with Crippen LogP contribution in [-0.4, -0.2) is 27.1 Å². The predicted molar refractivity (Wildman–Crippen MR) is 110 cm³/mol. The summed E-state index contributed by atoms with van der Waals surface area (Å²) in [5.74, 6) is 0.0640. The van der Waals surface area contributed by atoms with E-state index in [-0.39, 0.29) is 18.5 Å². The number of nitrogens with zero attached hydrogens (tertiary/aromatic N) is 1. The van der Waals surface area contributed by atoms with Crippen molar-refractivity contribution in [2.45, 2.75) is 33.2 Å². The van der Waals surface area contributed by atoms with Crippen LogP contribution in [0.1, 0.15) is 37.4 Å². The third-order valence-corrected chi connectivity index (χ3v) is 5.39. The number of benzene rings is 2. The molecule has 0 aromatic heterocycles. The molecule has 0 spiro atoms. The Hall–Kier alpha value is -2.34. The number of carbonyl (C=O) groups is 1. The molecule has 1 atom stereocenters. The summed E-state index contributed by atoms with van der Waals surface area (Å²) in [6, 6.07) is 16.7. The molecule has 6 heteroatoms. The van der Waals surface area contributed by atoms with E-state index < -0.39 is 10.0 Å². The van der Waals surface area contributed by atoms with Crippen LogP contribution in [0.3, 0.4) is 0 Å². The quantitative estimate of drug-likeness (QED) is 0.750. The summed E-state index contributed by atoms with van der Waals surface area (Å²) in [5, 5.41) is 3.00. The van der Waals surface area contributed by atoms with Gasteiger partial charge in [-0.25, -0.2) is 8.42 Å². The van der Waals surface area contributed by atoms with Crippen molar-refractivity contribution in [2.24, 2.45) is 5.92 Å². The monoisotopic (exact) mass is 388 g/mol. The molecule has 1 unspecified atom stereocenters. The summed E-state index contributed by atoms with van der Waals surface area (Å²) in [6.45, 7) is 5.87. The van der Waals surface area contributed by atoms with Crippen molar-refractivity contribution in [3.63, 3.8) is 0 Å². The molecule has 0 saturated heterocycles. The van der Waals surface area contributed by atoms with E-state index in [1.165, 1.54) is 0 Å². The van der Waals surface area contributed by atoms with Crippen LogP contribution in [0.2, 0.25) is 0 Å². The van der Waals surface area contributed by atoms with Crippen molar-refractivity contribution in [1.82, 2.24) is 5.32 Å². The molecule has 2 aromatic rings. The van der Waals surface area contributed by atoms with E-state index in [9.17, 15) is 13.2 Å². The van der Waals surface area contributed by atoms with Crippen LogP contribution in [0.4, 0.5) is 5.69 Å². The highest BCUT2D eigenvalue weighted by molar-refractivity contribution is 7.92. The maximum atomic E-state index is 12.7. The maximum absolute atomic E-state index is 12.7. The standard InChI is InChI=1S/C21H28N2O3S/c1-16(2)14-20(18-8-6-5-7-9-18)22-21(24)15-23(27(4,25)26)19-12-10-17(3)11-13-19/h5-13,16,20H,14-15H2,1-4H3,(H,22,24). The van der Waals surface area contributed by atoms with Gasteiger partial charge in [0.25, 0.3) is 0 Å². The second kappa shape index (κ2) is 9.04. The normalized spacial score (nSPS) is 12.6. The number of nitrogens with one attached hydrogen (secondary N) is 1. The van der Waals surface area contributed by atoms with Crippen molar-refractivity contribution in [2.75, 3.05) is 17.1 Å². The molecular weight excluding hydrogens is 360 g/mol. The van der Waals surface area contributed by atoms with Crippen molar-refractivity contribution in [3.05, 3.63) is 65.7 Å². The van der Waals surface area contributed by atoms with Crippen molar-refractivity contribution in [1.29, 1.82) is 0 Å². The molecular formula is C21H28N2O3S. The zero-order chi connectivity index (χ0) is 20.0. The maximum Gasteiger partial charge on any atom is 0.241 e. The van der Waals surface area contributed by atoms with E-state index in [2.05, 4.69) is 19.2 Å². The average Bonchev–Trinajstić information content (AvgIpc) is 2.59. The van der Waals surface area contributed by atoms with Crippen LogP contribution in [-0.2, 0) is 14.8 Å². The van der Waals surface area contributed by atoms with Gasteiger partial charge in [0.2, 0.25) is 15.9 Å². The van der Waals surface area contributed by atoms with Gasteiger partial charge in [0, 0.05) is 0 Å². The first-order valence-electron chi connectivity index (χ1n) is 9.05. The summed E-state index contributed by atoms with van der Waals surface area (Å²) < 4.78 is 25.6. The summed E-state index contributed by atoms with van der Waals surface area (Å²) in [7, 11) is -3.58. The number of anilines is 1. The van der Waals surface area contributed by atoms with Crippen molar-refractivity contribution in [3.8, 4) is 0 Å². The lowest BCUT2D eigenvalue weighted by atomic mass is 9.97. The Morgan fingerprint density at radius 3 is 2.15 bits per heavy atom. The third-order valence-electron chi connectivity index (χ3n) is 4.25. The van der Waals surface area contributed by atoms with Gasteiger partial charge in [0.1, 0.15) is 6.54 Å². The molecule has 1 amide bonds. The molecule has 5 nitrogen and oxygen atoms in total. The second-order valence-electron chi connectivity index (χ2n) is 7.27. The van der Waals surface area contributed by atoms with Crippen LogP contribution >= 0.6 is 0 Å². The highest BCUT2D eigenvalue weighted by atomic mass is 32.2.